The van der Waals surface area contributed by atoms with E-state index in [-0.39, 0.29) is 16.7 Å². The molecule has 0 fully saturated rings. The van der Waals surface area contributed by atoms with Crippen molar-refractivity contribution in [3.63, 3.8) is 0 Å². The number of aliphatic hydroxyl groups is 1. The average Bonchev–Trinajstić information content (AvgIpc) is 2.79. The van der Waals surface area contributed by atoms with Crippen LogP contribution in [-0.2, 0) is 4.79 Å². The number of benzene rings is 2. The molecule has 0 heterocycles. The van der Waals surface area contributed by atoms with Crippen LogP contribution in [-0.4, -0.2) is 22.5 Å². The molecule has 2 aromatic carbocycles. The highest BCUT2D eigenvalue weighted by Crippen LogP contribution is 2.31. The van der Waals surface area contributed by atoms with Crippen molar-refractivity contribution in [2.75, 3.05) is 0 Å². The van der Waals surface area contributed by atoms with Gasteiger partial charge in [0.15, 0.2) is 0 Å². The monoisotopic (exact) mass is 312 g/mol. The maximum absolute atomic E-state index is 12.3. The Morgan fingerprint density at radius 1 is 0.864 bits per heavy atom. The fourth-order valence-corrected chi connectivity index (χ4v) is 2.45. The average molecular weight is 313 g/mol. The van der Waals surface area contributed by atoms with Crippen molar-refractivity contribution < 1.29 is 19.5 Å². The Labute approximate surface area is 130 Å². The molecule has 0 bridgehead atoms. The number of Topliss-reactive ketones (excluding diaryl/α,β-unsaturated/α-hetero) is 3. The Kier molecular flexibility index (Phi) is 3.39. The second kappa shape index (κ2) is 5.24. The van der Waals surface area contributed by atoms with Crippen LogP contribution < -0.4 is 0 Å². The summed E-state index contributed by atoms with van der Waals surface area (Å²) >= 11 is 5.73. The summed E-state index contributed by atoms with van der Waals surface area (Å²) in [5, 5.41) is 10.5. The molecule has 1 N–H and O–H groups in total. The summed E-state index contributed by atoms with van der Waals surface area (Å²) in [4.78, 5) is 36.7. The molecule has 4 nitrogen and oxygen atoms in total. The van der Waals surface area contributed by atoms with Gasteiger partial charge >= 0.3 is 0 Å². The molecular weight excluding hydrogens is 304 g/mol. The number of hydrogen-bond donors (Lipinski definition) is 1. The third-order valence-corrected chi connectivity index (χ3v) is 3.68. The lowest BCUT2D eigenvalue weighted by molar-refractivity contribution is -0.111. The first kappa shape index (κ1) is 14.2. The summed E-state index contributed by atoms with van der Waals surface area (Å²) in [6.45, 7) is 0. The first-order chi connectivity index (χ1) is 10.5. The van der Waals surface area contributed by atoms with E-state index in [9.17, 15) is 19.5 Å². The smallest absolute Gasteiger partial charge is 0.241 e. The van der Waals surface area contributed by atoms with Gasteiger partial charge in [0.05, 0.1) is 0 Å². The minimum absolute atomic E-state index is 0.110. The second-order valence-corrected chi connectivity index (χ2v) is 5.20. The van der Waals surface area contributed by atoms with Gasteiger partial charge in [-0.3, -0.25) is 14.4 Å². The Balaban J connectivity index is 2.00. The van der Waals surface area contributed by atoms with Crippen LogP contribution in [0.5, 0.6) is 0 Å². The molecule has 0 aliphatic heterocycles. The normalized spacial score (nSPS) is 13.2. The summed E-state index contributed by atoms with van der Waals surface area (Å²) in [6.07, 6.45) is 0. The number of aliphatic hydroxyl groups excluding tert-OH is 1. The first-order valence-electron chi connectivity index (χ1n) is 6.42. The van der Waals surface area contributed by atoms with Crippen LogP contribution in [0.4, 0.5) is 0 Å². The highest BCUT2D eigenvalue weighted by Gasteiger charge is 2.36. The van der Waals surface area contributed by atoms with Crippen molar-refractivity contribution in [3.05, 3.63) is 75.8 Å². The Morgan fingerprint density at radius 2 is 1.45 bits per heavy atom. The first-order valence-corrected chi connectivity index (χ1v) is 6.80. The third kappa shape index (κ3) is 2.14. The SMILES string of the molecule is O=C(C(=O)c1ccc(Cl)cc1)C1=C(O)c2ccccc2C1=O. The van der Waals surface area contributed by atoms with Gasteiger partial charge in [0.2, 0.25) is 17.3 Å². The topological polar surface area (TPSA) is 71.4 Å². The Hall–Kier alpha value is -2.72. The van der Waals surface area contributed by atoms with E-state index >= 15 is 0 Å². The van der Waals surface area contributed by atoms with E-state index in [2.05, 4.69) is 0 Å². The van der Waals surface area contributed by atoms with Crippen LogP contribution in [0, 0.1) is 0 Å². The molecule has 0 aromatic heterocycles. The van der Waals surface area contributed by atoms with Gasteiger partial charge in [-0.05, 0) is 24.3 Å². The van der Waals surface area contributed by atoms with E-state index in [0.717, 1.165) is 0 Å². The fraction of sp³-hybridized carbons (Fsp3) is 0. The molecule has 22 heavy (non-hydrogen) atoms. The minimum Gasteiger partial charge on any atom is -0.506 e. The van der Waals surface area contributed by atoms with Crippen LogP contribution in [0.3, 0.4) is 0 Å². The lowest BCUT2D eigenvalue weighted by atomic mass is 9.99. The molecule has 0 amide bonds. The molecule has 5 heteroatoms. The molecule has 3 rings (SSSR count). The lowest BCUT2D eigenvalue weighted by Crippen LogP contribution is -2.20. The number of rotatable bonds is 3. The summed E-state index contributed by atoms with van der Waals surface area (Å²) in [5.41, 5.74) is 0.103. The maximum Gasteiger partial charge on any atom is 0.241 e. The van der Waals surface area contributed by atoms with Gasteiger partial charge in [-0.15, -0.1) is 0 Å². The van der Waals surface area contributed by atoms with Crippen molar-refractivity contribution in [2.24, 2.45) is 0 Å². The molecule has 108 valence electrons. The second-order valence-electron chi connectivity index (χ2n) is 4.76. The molecule has 1 aliphatic rings. The number of carbonyl (C=O) groups excluding carboxylic acids is 3. The number of halogens is 1. The zero-order valence-corrected chi connectivity index (χ0v) is 11.9. The molecule has 1 aliphatic carbocycles. The molecule has 2 aromatic rings. The van der Waals surface area contributed by atoms with E-state index in [0.29, 0.717) is 5.02 Å². The van der Waals surface area contributed by atoms with E-state index in [1.54, 1.807) is 12.1 Å². The summed E-state index contributed by atoms with van der Waals surface area (Å²) < 4.78 is 0. The minimum atomic E-state index is -1.03. The van der Waals surface area contributed by atoms with Crippen LogP contribution in [0.1, 0.15) is 26.3 Å². The van der Waals surface area contributed by atoms with Gasteiger partial charge in [0.25, 0.3) is 0 Å². The highest BCUT2D eigenvalue weighted by atomic mass is 35.5. The standard InChI is InChI=1S/C17H9ClO4/c18-10-7-5-9(6-8-10)14(19)17(22)13-15(20)11-3-1-2-4-12(11)16(13)21/h1-8,20H. The van der Waals surface area contributed by atoms with Crippen molar-refractivity contribution in [3.8, 4) is 0 Å². The predicted molar refractivity (Wildman–Crippen MR) is 81.1 cm³/mol. The zero-order chi connectivity index (χ0) is 15.9. The number of ketones is 3. The summed E-state index contributed by atoms with van der Waals surface area (Å²) in [7, 11) is 0. The van der Waals surface area contributed by atoms with Gasteiger partial charge in [-0.2, -0.15) is 0 Å². The molecular formula is C17H9ClO4. The van der Waals surface area contributed by atoms with Crippen molar-refractivity contribution in [2.45, 2.75) is 0 Å². The van der Waals surface area contributed by atoms with Gasteiger partial charge in [0, 0.05) is 21.7 Å². The van der Waals surface area contributed by atoms with Gasteiger partial charge in [0.1, 0.15) is 11.3 Å². The summed E-state index contributed by atoms with van der Waals surface area (Å²) in [5.74, 6) is -2.98. The highest BCUT2D eigenvalue weighted by molar-refractivity contribution is 6.57. The van der Waals surface area contributed by atoms with E-state index in [1.165, 1.54) is 36.4 Å². The fourth-order valence-electron chi connectivity index (χ4n) is 2.32. The van der Waals surface area contributed by atoms with Crippen molar-refractivity contribution >= 4 is 34.7 Å². The molecule has 0 radical (unpaired) electrons. The van der Waals surface area contributed by atoms with Crippen molar-refractivity contribution in [1.29, 1.82) is 0 Å². The molecule has 0 saturated heterocycles. The number of carbonyl (C=O) groups is 3. The molecule has 0 spiro atoms. The van der Waals surface area contributed by atoms with Gasteiger partial charge in [-0.1, -0.05) is 35.9 Å². The Bertz CT molecular complexity index is 847. The third-order valence-electron chi connectivity index (χ3n) is 3.43. The van der Waals surface area contributed by atoms with Crippen LogP contribution in [0.2, 0.25) is 5.02 Å². The van der Waals surface area contributed by atoms with Gasteiger partial charge < -0.3 is 5.11 Å². The Morgan fingerprint density at radius 3 is 2.05 bits per heavy atom. The van der Waals surface area contributed by atoms with E-state index in [4.69, 9.17) is 11.6 Å². The quantitative estimate of drug-likeness (QED) is 0.536. The van der Waals surface area contributed by atoms with Crippen molar-refractivity contribution in [1.82, 2.24) is 0 Å². The van der Waals surface area contributed by atoms with Crippen LogP contribution in [0.15, 0.2) is 54.1 Å². The number of fused-ring (bicyclic) bond motifs is 1. The van der Waals surface area contributed by atoms with Crippen LogP contribution >= 0.6 is 11.6 Å². The zero-order valence-electron chi connectivity index (χ0n) is 11.2. The van der Waals surface area contributed by atoms with Crippen LogP contribution in [0.25, 0.3) is 5.76 Å². The van der Waals surface area contributed by atoms with Gasteiger partial charge in [-0.25, -0.2) is 0 Å². The lowest BCUT2D eigenvalue weighted by Gasteiger charge is -2.01. The van der Waals surface area contributed by atoms with E-state index in [1.807, 2.05) is 0 Å². The molecule has 0 saturated carbocycles. The molecule has 0 atom stereocenters. The number of allylic oxidation sites excluding steroid dienone is 1. The summed E-state index contributed by atoms with van der Waals surface area (Å²) in [6, 6.07) is 12.0. The van der Waals surface area contributed by atoms with E-state index < -0.39 is 28.7 Å². The predicted octanol–water partition coefficient (Wildman–Crippen LogP) is 3.26. The molecule has 0 unspecified atom stereocenters. The largest absolute Gasteiger partial charge is 0.506 e. The maximum atomic E-state index is 12.3. The number of hydrogen-bond acceptors (Lipinski definition) is 4.